The van der Waals surface area contributed by atoms with Crippen molar-refractivity contribution in [1.82, 2.24) is 4.90 Å². The van der Waals surface area contributed by atoms with Crippen molar-refractivity contribution >= 4 is 17.9 Å². The molecule has 0 bridgehead atoms. The smallest absolute Gasteiger partial charge is 0.306 e. The summed E-state index contributed by atoms with van der Waals surface area (Å²) < 4.78 is 22.9. The maximum absolute atomic E-state index is 12.8. The molecule has 1 fully saturated rings. The second-order valence-electron chi connectivity index (χ2n) is 14.0. The van der Waals surface area contributed by atoms with Gasteiger partial charge in [0.1, 0.15) is 12.7 Å². The molecule has 276 valence electrons. The first-order valence-electron chi connectivity index (χ1n) is 19.7. The number of hydrogen-bond donors (Lipinski definition) is 0. The van der Waals surface area contributed by atoms with Gasteiger partial charge in [-0.2, -0.15) is 0 Å². The van der Waals surface area contributed by atoms with Crippen molar-refractivity contribution in [2.45, 2.75) is 199 Å². The molecule has 1 aliphatic heterocycles. The molecule has 0 aromatic carbocycles. The van der Waals surface area contributed by atoms with Crippen molar-refractivity contribution in [2.24, 2.45) is 0 Å². The van der Waals surface area contributed by atoms with Gasteiger partial charge in [-0.3, -0.25) is 14.4 Å². The Hall–Kier alpha value is -1.67. The van der Waals surface area contributed by atoms with Gasteiger partial charge in [-0.05, 0) is 39.9 Å². The fraction of sp³-hybridized carbons (Fsp3) is 0.923. The zero-order valence-corrected chi connectivity index (χ0v) is 31.0. The van der Waals surface area contributed by atoms with Gasteiger partial charge in [-0.1, -0.05) is 142 Å². The lowest BCUT2D eigenvalue weighted by molar-refractivity contribution is -0.168. The lowest BCUT2D eigenvalue weighted by Crippen LogP contribution is -2.40. The van der Waals surface area contributed by atoms with Crippen LogP contribution in [0.15, 0.2) is 0 Å². The summed E-state index contributed by atoms with van der Waals surface area (Å²) in [5, 5.41) is 0. The van der Waals surface area contributed by atoms with Gasteiger partial charge in [0.25, 0.3) is 0 Å². The monoisotopic (exact) mass is 668 g/mol. The van der Waals surface area contributed by atoms with Crippen LogP contribution in [0.2, 0.25) is 0 Å². The molecule has 0 aromatic rings. The Bertz CT molecular complexity index is 774. The Morgan fingerprint density at radius 3 is 1.40 bits per heavy atom. The summed E-state index contributed by atoms with van der Waals surface area (Å²) in [4.78, 5) is 39.9. The van der Waals surface area contributed by atoms with Crippen molar-refractivity contribution in [3.8, 4) is 0 Å². The molecule has 1 rings (SSSR count). The van der Waals surface area contributed by atoms with Crippen molar-refractivity contribution in [3.63, 3.8) is 0 Å². The Morgan fingerprint density at radius 2 is 0.957 bits per heavy atom. The van der Waals surface area contributed by atoms with E-state index in [2.05, 4.69) is 13.8 Å². The summed E-state index contributed by atoms with van der Waals surface area (Å²) in [6.45, 7) is 5.39. The maximum Gasteiger partial charge on any atom is 0.306 e. The third-order valence-corrected chi connectivity index (χ3v) is 9.12. The van der Waals surface area contributed by atoms with Gasteiger partial charge in [0, 0.05) is 19.3 Å². The van der Waals surface area contributed by atoms with E-state index in [0.29, 0.717) is 25.7 Å². The second kappa shape index (κ2) is 30.4. The van der Waals surface area contributed by atoms with Crippen LogP contribution in [0.3, 0.4) is 0 Å². The van der Waals surface area contributed by atoms with Crippen LogP contribution in [-0.2, 0) is 33.3 Å². The molecule has 0 aliphatic carbocycles. The SMILES string of the molecule is CCCCCCCCCCCCCC(=O)OC1CO[C@H](COC(=O)CCCN(C)C)[C@@H]1OC(=O)CCCCCCCCCCCCC. The number of carbonyl (C=O) groups excluding carboxylic acids is 3. The first-order valence-corrected chi connectivity index (χ1v) is 19.7. The fourth-order valence-corrected chi connectivity index (χ4v) is 6.14. The van der Waals surface area contributed by atoms with Crippen LogP contribution in [0, 0.1) is 0 Å². The second-order valence-corrected chi connectivity index (χ2v) is 14.0. The van der Waals surface area contributed by atoms with E-state index in [1.54, 1.807) is 0 Å². The van der Waals surface area contributed by atoms with Gasteiger partial charge in [-0.15, -0.1) is 0 Å². The zero-order chi connectivity index (χ0) is 34.4. The molecule has 1 unspecified atom stereocenters. The quantitative estimate of drug-likeness (QED) is 0.0398. The molecule has 1 aliphatic rings. The predicted molar refractivity (Wildman–Crippen MR) is 190 cm³/mol. The molecule has 0 amide bonds. The van der Waals surface area contributed by atoms with E-state index in [1.165, 1.54) is 103 Å². The molecular weight excluding hydrogens is 594 g/mol. The fourth-order valence-electron chi connectivity index (χ4n) is 6.14. The molecule has 1 heterocycles. The van der Waals surface area contributed by atoms with Crippen LogP contribution in [-0.4, -0.2) is 75.0 Å². The highest BCUT2D eigenvalue weighted by Gasteiger charge is 2.43. The van der Waals surface area contributed by atoms with Gasteiger partial charge in [0.15, 0.2) is 12.2 Å². The van der Waals surface area contributed by atoms with Gasteiger partial charge in [0.05, 0.1) is 6.61 Å². The van der Waals surface area contributed by atoms with Crippen LogP contribution in [0.4, 0.5) is 0 Å². The number of ether oxygens (including phenoxy) is 4. The number of rotatable bonds is 32. The minimum Gasteiger partial charge on any atom is -0.463 e. The molecular formula is C39H73NO7. The first kappa shape index (κ1) is 43.4. The summed E-state index contributed by atoms with van der Waals surface area (Å²) in [6, 6.07) is 0. The van der Waals surface area contributed by atoms with Gasteiger partial charge in [0.2, 0.25) is 0 Å². The molecule has 8 nitrogen and oxygen atoms in total. The largest absolute Gasteiger partial charge is 0.463 e. The third-order valence-electron chi connectivity index (χ3n) is 9.12. The molecule has 1 saturated heterocycles. The average Bonchev–Trinajstić information content (AvgIpc) is 3.41. The lowest BCUT2D eigenvalue weighted by Gasteiger charge is -2.23. The molecule has 0 spiro atoms. The number of unbranched alkanes of at least 4 members (excludes halogenated alkanes) is 20. The zero-order valence-electron chi connectivity index (χ0n) is 31.0. The Balaban J connectivity index is 2.41. The molecule has 3 atom stereocenters. The number of nitrogens with zero attached hydrogens (tertiary/aromatic N) is 1. The highest BCUT2D eigenvalue weighted by Crippen LogP contribution is 2.24. The molecule has 0 saturated carbocycles. The van der Waals surface area contributed by atoms with Crippen LogP contribution in [0.25, 0.3) is 0 Å². The molecule has 0 radical (unpaired) electrons. The summed E-state index contributed by atoms with van der Waals surface area (Å²) in [6.07, 6.45) is 26.3. The average molecular weight is 668 g/mol. The highest BCUT2D eigenvalue weighted by molar-refractivity contribution is 5.71. The van der Waals surface area contributed by atoms with E-state index < -0.39 is 18.3 Å². The van der Waals surface area contributed by atoms with E-state index >= 15 is 0 Å². The third kappa shape index (κ3) is 25.0. The Morgan fingerprint density at radius 1 is 0.553 bits per heavy atom. The minimum absolute atomic E-state index is 0.0240. The van der Waals surface area contributed by atoms with Crippen molar-refractivity contribution in [1.29, 1.82) is 0 Å². The summed E-state index contributed by atoms with van der Waals surface area (Å²) in [5.41, 5.74) is 0. The number of hydrogen-bond acceptors (Lipinski definition) is 8. The van der Waals surface area contributed by atoms with Crippen molar-refractivity contribution in [2.75, 3.05) is 33.9 Å². The maximum atomic E-state index is 12.8. The van der Waals surface area contributed by atoms with E-state index in [4.69, 9.17) is 18.9 Å². The van der Waals surface area contributed by atoms with Gasteiger partial charge >= 0.3 is 17.9 Å². The molecule has 0 aromatic heterocycles. The lowest BCUT2D eigenvalue weighted by atomic mass is 10.1. The van der Waals surface area contributed by atoms with E-state index in [9.17, 15) is 14.4 Å². The number of carbonyl (C=O) groups is 3. The van der Waals surface area contributed by atoms with E-state index in [0.717, 1.165) is 45.1 Å². The summed E-state index contributed by atoms with van der Waals surface area (Å²) in [5.74, 6) is -0.911. The molecule has 0 N–H and O–H groups in total. The number of esters is 3. The van der Waals surface area contributed by atoms with Gasteiger partial charge in [-0.25, -0.2) is 0 Å². The molecule has 47 heavy (non-hydrogen) atoms. The summed E-state index contributed by atoms with van der Waals surface area (Å²) >= 11 is 0. The van der Waals surface area contributed by atoms with Crippen LogP contribution < -0.4 is 0 Å². The summed E-state index contributed by atoms with van der Waals surface area (Å²) in [7, 11) is 3.93. The van der Waals surface area contributed by atoms with Crippen molar-refractivity contribution in [3.05, 3.63) is 0 Å². The standard InChI is InChI=1S/C39H73NO7/c1-5-7-9-11-13-15-17-19-21-23-25-28-37(42)46-35-33-44-34(32-45-36(41)30-27-31-40(3)4)39(35)47-38(43)29-26-24-22-20-18-16-14-12-10-8-6-2/h34-35,39H,5-33H2,1-4H3/t34-,35?,39+/m1/s1. The Labute approximate surface area is 288 Å². The van der Waals surface area contributed by atoms with Gasteiger partial charge < -0.3 is 23.8 Å². The van der Waals surface area contributed by atoms with Crippen LogP contribution in [0.5, 0.6) is 0 Å². The Kier molecular flexibility index (Phi) is 28.0. The van der Waals surface area contributed by atoms with Crippen molar-refractivity contribution < 1.29 is 33.3 Å². The van der Waals surface area contributed by atoms with Crippen LogP contribution in [0.1, 0.15) is 181 Å². The van der Waals surface area contributed by atoms with E-state index in [1.807, 2.05) is 19.0 Å². The minimum atomic E-state index is -0.772. The predicted octanol–water partition coefficient (Wildman–Crippen LogP) is 9.50. The van der Waals surface area contributed by atoms with Crippen LogP contribution >= 0.6 is 0 Å². The van der Waals surface area contributed by atoms with E-state index in [-0.39, 0.29) is 31.1 Å². The normalized spacial score (nSPS) is 17.7. The highest BCUT2D eigenvalue weighted by atomic mass is 16.6. The molecule has 8 heteroatoms. The topological polar surface area (TPSA) is 91.4 Å². The first-order chi connectivity index (χ1) is 22.9.